The van der Waals surface area contributed by atoms with E-state index in [0.29, 0.717) is 32.7 Å². The van der Waals surface area contributed by atoms with Crippen LogP contribution in [0.1, 0.15) is 94.2 Å². The molecule has 3 unspecified atom stereocenters. The van der Waals surface area contributed by atoms with Crippen LogP contribution in [0.4, 0.5) is 4.79 Å². The van der Waals surface area contributed by atoms with E-state index in [0.717, 1.165) is 30.6 Å². The molecule has 0 saturated carbocycles. The SMILES string of the molecule is COc1ccc(C(O)CN2CCN(C(=O)CC(NC(=O)OC(C)(C)C)C3CCc4cc(C)c(CC(C)(C)C)cc43)CC2)cc1. The van der Waals surface area contributed by atoms with Crippen molar-refractivity contribution in [1.29, 1.82) is 0 Å². The van der Waals surface area contributed by atoms with Gasteiger partial charge in [-0.3, -0.25) is 9.69 Å². The second-order valence-corrected chi connectivity index (χ2v) is 14.8. The Morgan fingerprint density at radius 2 is 1.68 bits per heavy atom. The first-order valence-corrected chi connectivity index (χ1v) is 16.1. The molecular formula is C36H53N3O5. The lowest BCUT2D eigenvalue weighted by atomic mass is 9.83. The number of hydrogen-bond donors (Lipinski definition) is 2. The van der Waals surface area contributed by atoms with Crippen LogP contribution in [0.2, 0.25) is 0 Å². The summed E-state index contributed by atoms with van der Waals surface area (Å²) >= 11 is 0. The number of benzene rings is 2. The smallest absolute Gasteiger partial charge is 0.407 e. The zero-order valence-corrected chi connectivity index (χ0v) is 28.0. The van der Waals surface area contributed by atoms with Gasteiger partial charge in [0, 0.05) is 51.1 Å². The molecule has 0 bridgehead atoms. The number of piperazine rings is 1. The largest absolute Gasteiger partial charge is 0.497 e. The van der Waals surface area contributed by atoms with Gasteiger partial charge in [0.25, 0.3) is 0 Å². The number of aliphatic hydroxyl groups excluding tert-OH is 1. The van der Waals surface area contributed by atoms with E-state index in [1.54, 1.807) is 7.11 Å². The van der Waals surface area contributed by atoms with E-state index in [2.05, 4.69) is 50.0 Å². The molecule has 2 aromatic carbocycles. The Morgan fingerprint density at radius 1 is 1.02 bits per heavy atom. The fourth-order valence-corrected chi connectivity index (χ4v) is 6.47. The number of fused-ring (bicyclic) bond motifs is 1. The first-order valence-electron chi connectivity index (χ1n) is 16.1. The number of methoxy groups -OCH3 is 1. The van der Waals surface area contributed by atoms with Crippen LogP contribution < -0.4 is 10.1 Å². The molecule has 2 aliphatic rings. The van der Waals surface area contributed by atoms with Gasteiger partial charge in [0.15, 0.2) is 0 Å². The van der Waals surface area contributed by atoms with Crippen molar-refractivity contribution < 1.29 is 24.2 Å². The fraction of sp³-hybridized carbons (Fsp3) is 0.611. The van der Waals surface area contributed by atoms with E-state index < -0.39 is 17.8 Å². The molecule has 4 rings (SSSR count). The highest BCUT2D eigenvalue weighted by Gasteiger charge is 2.36. The fourth-order valence-electron chi connectivity index (χ4n) is 6.47. The average molecular weight is 608 g/mol. The topological polar surface area (TPSA) is 91.3 Å². The summed E-state index contributed by atoms with van der Waals surface area (Å²) in [5.41, 5.74) is 5.58. The maximum Gasteiger partial charge on any atom is 0.407 e. The van der Waals surface area contributed by atoms with Crippen molar-refractivity contribution in [2.24, 2.45) is 5.41 Å². The summed E-state index contributed by atoms with van der Waals surface area (Å²) in [7, 11) is 1.62. The van der Waals surface area contributed by atoms with Gasteiger partial charge < -0.3 is 24.8 Å². The molecule has 1 saturated heterocycles. The number of rotatable bonds is 9. The minimum atomic E-state index is -0.629. The van der Waals surface area contributed by atoms with Crippen molar-refractivity contribution in [3.8, 4) is 5.75 Å². The highest BCUT2D eigenvalue weighted by molar-refractivity contribution is 5.78. The minimum absolute atomic E-state index is 0.0388. The lowest BCUT2D eigenvalue weighted by molar-refractivity contribution is -0.133. The van der Waals surface area contributed by atoms with E-state index >= 15 is 0 Å². The Labute approximate surface area is 264 Å². The summed E-state index contributed by atoms with van der Waals surface area (Å²) in [5, 5.41) is 13.9. The molecule has 0 radical (unpaired) electrons. The second kappa shape index (κ2) is 13.9. The zero-order valence-electron chi connectivity index (χ0n) is 28.0. The highest BCUT2D eigenvalue weighted by Crippen LogP contribution is 2.39. The van der Waals surface area contributed by atoms with Crippen LogP contribution in [0.25, 0.3) is 0 Å². The van der Waals surface area contributed by atoms with Crippen LogP contribution >= 0.6 is 0 Å². The van der Waals surface area contributed by atoms with Gasteiger partial charge in [0.05, 0.1) is 13.2 Å². The van der Waals surface area contributed by atoms with Crippen LogP contribution in [0.5, 0.6) is 5.75 Å². The Bertz CT molecular complexity index is 1290. The molecule has 0 aromatic heterocycles. The van der Waals surface area contributed by atoms with Crippen LogP contribution in [-0.4, -0.2) is 78.4 Å². The van der Waals surface area contributed by atoms with Gasteiger partial charge in [0.1, 0.15) is 11.4 Å². The number of aryl methyl sites for hydroxylation is 2. The maximum atomic E-state index is 13.7. The molecule has 44 heavy (non-hydrogen) atoms. The number of aliphatic hydroxyl groups is 1. The Balaban J connectivity index is 1.43. The van der Waals surface area contributed by atoms with Crippen molar-refractivity contribution in [3.05, 3.63) is 64.2 Å². The quantitative estimate of drug-likeness (QED) is 0.376. The van der Waals surface area contributed by atoms with Gasteiger partial charge >= 0.3 is 6.09 Å². The number of ether oxygens (including phenoxy) is 2. The third-order valence-electron chi connectivity index (χ3n) is 8.68. The highest BCUT2D eigenvalue weighted by atomic mass is 16.6. The van der Waals surface area contributed by atoms with Crippen molar-refractivity contribution in [3.63, 3.8) is 0 Å². The summed E-state index contributed by atoms with van der Waals surface area (Å²) in [4.78, 5) is 30.8. The van der Waals surface area contributed by atoms with Gasteiger partial charge in [-0.1, -0.05) is 45.0 Å². The molecule has 1 aliphatic carbocycles. The van der Waals surface area contributed by atoms with Gasteiger partial charge in [-0.2, -0.15) is 0 Å². The van der Waals surface area contributed by atoms with Crippen LogP contribution in [0.15, 0.2) is 36.4 Å². The Morgan fingerprint density at radius 3 is 2.27 bits per heavy atom. The van der Waals surface area contributed by atoms with Gasteiger partial charge in [-0.25, -0.2) is 4.79 Å². The standard InChI is InChI=1S/C36H53N3O5/c1-24-19-26-11-14-29(30(26)20-27(24)22-35(2,3)4)31(37-34(42)44-36(5,6)7)21-33(41)39-17-15-38(16-18-39)23-32(40)25-9-12-28(43-8)13-10-25/h9-10,12-13,19-20,29,31-32,40H,11,14-18,21-23H2,1-8H3,(H,37,42). The summed E-state index contributed by atoms with van der Waals surface area (Å²) in [6.07, 6.45) is 1.92. The van der Waals surface area contributed by atoms with Crippen molar-refractivity contribution >= 4 is 12.0 Å². The average Bonchev–Trinajstić information content (AvgIpc) is 3.33. The van der Waals surface area contributed by atoms with Crippen LogP contribution in [0, 0.1) is 12.3 Å². The molecular weight excluding hydrogens is 554 g/mol. The zero-order chi connectivity index (χ0) is 32.2. The van der Waals surface area contributed by atoms with Crippen molar-refractivity contribution in [2.75, 3.05) is 39.8 Å². The third kappa shape index (κ3) is 9.21. The normalized spacial score (nSPS) is 18.8. The molecule has 3 atom stereocenters. The molecule has 1 fully saturated rings. The summed E-state index contributed by atoms with van der Waals surface area (Å²) in [6, 6.07) is 11.7. The predicted octanol–water partition coefficient (Wildman–Crippen LogP) is 5.78. The number of alkyl carbamates (subject to hydrolysis) is 1. The van der Waals surface area contributed by atoms with Gasteiger partial charge in [0.2, 0.25) is 5.91 Å². The number of carbonyl (C=O) groups is 2. The molecule has 8 heteroatoms. The number of amides is 2. The predicted molar refractivity (Wildman–Crippen MR) is 174 cm³/mol. The number of carbonyl (C=O) groups excluding carboxylic acids is 2. The molecule has 1 aliphatic heterocycles. The first-order chi connectivity index (χ1) is 20.6. The van der Waals surface area contributed by atoms with E-state index in [9.17, 15) is 14.7 Å². The van der Waals surface area contributed by atoms with Crippen molar-refractivity contribution in [1.82, 2.24) is 15.1 Å². The number of nitrogens with zero attached hydrogens (tertiary/aromatic N) is 2. The minimum Gasteiger partial charge on any atom is -0.497 e. The summed E-state index contributed by atoms with van der Waals surface area (Å²) in [5.74, 6) is 0.840. The van der Waals surface area contributed by atoms with E-state index in [-0.39, 0.29) is 29.7 Å². The molecule has 2 N–H and O–H groups in total. The first kappa shape index (κ1) is 33.8. The van der Waals surface area contributed by atoms with Gasteiger partial charge in [-0.05, 0) is 92.3 Å². The van der Waals surface area contributed by atoms with E-state index in [1.807, 2.05) is 49.9 Å². The lowest BCUT2D eigenvalue weighted by Crippen LogP contribution is -2.51. The second-order valence-electron chi connectivity index (χ2n) is 14.8. The summed E-state index contributed by atoms with van der Waals surface area (Å²) < 4.78 is 10.9. The maximum absolute atomic E-state index is 13.7. The molecule has 2 aromatic rings. The number of nitrogens with one attached hydrogen (secondary N) is 1. The Kier molecular flexibility index (Phi) is 10.7. The van der Waals surface area contributed by atoms with Gasteiger partial charge in [-0.15, -0.1) is 0 Å². The molecule has 0 spiro atoms. The lowest BCUT2D eigenvalue weighted by Gasteiger charge is -2.37. The third-order valence-corrected chi connectivity index (χ3v) is 8.68. The summed E-state index contributed by atoms with van der Waals surface area (Å²) in [6.45, 7) is 17.5. The number of β-amino-alcohol motifs (C(OH)–C–C–N with tert-alkyl or cyclic N) is 1. The molecule has 1 heterocycles. The molecule has 2 amide bonds. The van der Waals surface area contributed by atoms with Crippen molar-refractivity contribution in [2.45, 2.75) is 97.8 Å². The van der Waals surface area contributed by atoms with E-state index in [4.69, 9.17) is 9.47 Å². The Hall–Kier alpha value is -3.10. The number of hydrogen-bond acceptors (Lipinski definition) is 6. The van der Waals surface area contributed by atoms with E-state index in [1.165, 1.54) is 22.3 Å². The van der Waals surface area contributed by atoms with Crippen LogP contribution in [0.3, 0.4) is 0 Å². The monoisotopic (exact) mass is 607 g/mol. The molecule has 8 nitrogen and oxygen atoms in total. The van der Waals surface area contributed by atoms with Crippen LogP contribution in [-0.2, 0) is 22.4 Å². The molecule has 242 valence electrons.